The van der Waals surface area contributed by atoms with E-state index in [0.717, 1.165) is 29.7 Å². The van der Waals surface area contributed by atoms with Gasteiger partial charge in [-0.05, 0) is 24.5 Å². The Hall–Kier alpha value is -0.700. The molecule has 1 atom stereocenters. The highest BCUT2D eigenvalue weighted by molar-refractivity contribution is 7.80. The minimum atomic E-state index is 0.803. The Morgan fingerprint density at radius 3 is 2.92 bits per heavy atom. The van der Waals surface area contributed by atoms with Crippen molar-refractivity contribution in [3.63, 3.8) is 0 Å². The van der Waals surface area contributed by atoms with Crippen LogP contribution in [0.15, 0.2) is 23.2 Å². The van der Waals surface area contributed by atoms with E-state index in [9.17, 15) is 0 Å². The van der Waals surface area contributed by atoms with Crippen molar-refractivity contribution in [1.29, 1.82) is 0 Å². The van der Waals surface area contributed by atoms with Crippen molar-refractivity contribution in [1.82, 2.24) is 4.98 Å². The summed E-state index contributed by atoms with van der Waals surface area (Å²) in [5.74, 6) is 1.89. The first-order valence-electron chi connectivity index (χ1n) is 4.65. The van der Waals surface area contributed by atoms with E-state index >= 15 is 0 Å². The molecule has 1 saturated heterocycles. The Bertz CT molecular complexity index is 283. The summed E-state index contributed by atoms with van der Waals surface area (Å²) < 4.78 is 0. The molecule has 70 valence electrons. The minimum Gasteiger partial charge on any atom is -0.356 e. The summed E-state index contributed by atoms with van der Waals surface area (Å²) in [6.07, 6.45) is 3.09. The van der Waals surface area contributed by atoms with E-state index in [4.69, 9.17) is 0 Å². The molecule has 1 aromatic heterocycles. The van der Waals surface area contributed by atoms with Crippen molar-refractivity contribution >= 4 is 18.4 Å². The van der Waals surface area contributed by atoms with Crippen LogP contribution in [0.25, 0.3) is 0 Å². The fourth-order valence-corrected chi connectivity index (χ4v) is 1.84. The van der Waals surface area contributed by atoms with E-state index in [2.05, 4.69) is 29.4 Å². The fraction of sp³-hybridized carbons (Fsp3) is 0.500. The Labute approximate surface area is 84.4 Å². The molecule has 0 N–H and O–H groups in total. The molecule has 1 aromatic rings. The van der Waals surface area contributed by atoms with Crippen molar-refractivity contribution in [2.45, 2.75) is 18.2 Å². The van der Waals surface area contributed by atoms with Gasteiger partial charge in [0.15, 0.2) is 0 Å². The Morgan fingerprint density at radius 1 is 1.54 bits per heavy atom. The number of thiol groups is 1. The highest BCUT2D eigenvalue weighted by Gasteiger charge is 2.19. The third-order valence-corrected chi connectivity index (χ3v) is 2.74. The minimum absolute atomic E-state index is 0.803. The van der Waals surface area contributed by atoms with Crippen LogP contribution in [0.5, 0.6) is 0 Å². The monoisotopic (exact) mass is 194 g/mol. The van der Waals surface area contributed by atoms with Crippen LogP contribution in [0.3, 0.4) is 0 Å². The molecule has 13 heavy (non-hydrogen) atoms. The summed E-state index contributed by atoms with van der Waals surface area (Å²) >= 11 is 4.21. The van der Waals surface area contributed by atoms with Crippen LogP contribution >= 0.6 is 12.6 Å². The molecule has 1 aliphatic heterocycles. The van der Waals surface area contributed by atoms with Gasteiger partial charge in [0.25, 0.3) is 0 Å². The lowest BCUT2D eigenvalue weighted by Crippen LogP contribution is -2.19. The Morgan fingerprint density at radius 2 is 2.38 bits per heavy atom. The van der Waals surface area contributed by atoms with Crippen LogP contribution in [0.2, 0.25) is 0 Å². The predicted octanol–water partition coefficient (Wildman–Crippen LogP) is 2.22. The molecule has 1 aliphatic rings. The lowest BCUT2D eigenvalue weighted by atomic mass is 10.2. The SMILES string of the molecule is CC1CCN(c2ccc(S)cn2)C1. The third-order valence-electron chi connectivity index (χ3n) is 2.48. The van der Waals surface area contributed by atoms with Crippen LogP contribution < -0.4 is 4.90 Å². The third kappa shape index (κ3) is 1.97. The Kier molecular flexibility index (Phi) is 2.44. The molecule has 2 nitrogen and oxygen atoms in total. The Balaban J connectivity index is 2.13. The molecule has 2 heterocycles. The second kappa shape index (κ2) is 3.58. The molecule has 0 aromatic carbocycles. The highest BCUT2D eigenvalue weighted by Crippen LogP contribution is 2.21. The lowest BCUT2D eigenvalue weighted by molar-refractivity contribution is 0.659. The van der Waals surface area contributed by atoms with E-state index in [-0.39, 0.29) is 0 Å². The largest absolute Gasteiger partial charge is 0.356 e. The molecule has 1 fully saturated rings. The summed E-state index contributed by atoms with van der Waals surface area (Å²) in [5, 5.41) is 0. The molecule has 0 spiro atoms. The normalized spacial score (nSPS) is 22.3. The maximum Gasteiger partial charge on any atom is 0.128 e. The van der Waals surface area contributed by atoms with Gasteiger partial charge in [-0.15, -0.1) is 12.6 Å². The average Bonchev–Trinajstić information content (AvgIpc) is 2.53. The van der Waals surface area contributed by atoms with Gasteiger partial charge in [-0.2, -0.15) is 0 Å². The van der Waals surface area contributed by atoms with Gasteiger partial charge in [0.05, 0.1) is 0 Å². The molecule has 0 saturated carbocycles. The summed E-state index contributed by atoms with van der Waals surface area (Å²) in [6, 6.07) is 4.04. The molecule has 0 aliphatic carbocycles. The molecule has 0 amide bonds. The first kappa shape index (κ1) is 8.88. The zero-order chi connectivity index (χ0) is 9.26. The van der Waals surface area contributed by atoms with Crippen LogP contribution in [-0.2, 0) is 0 Å². The second-order valence-electron chi connectivity index (χ2n) is 3.71. The van der Waals surface area contributed by atoms with Crippen molar-refractivity contribution in [2.24, 2.45) is 5.92 Å². The zero-order valence-electron chi connectivity index (χ0n) is 7.77. The van der Waals surface area contributed by atoms with Gasteiger partial charge in [-0.25, -0.2) is 4.98 Å². The first-order chi connectivity index (χ1) is 6.25. The molecule has 2 rings (SSSR count). The fourth-order valence-electron chi connectivity index (χ4n) is 1.71. The van der Waals surface area contributed by atoms with Crippen molar-refractivity contribution in [3.05, 3.63) is 18.3 Å². The van der Waals surface area contributed by atoms with Crippen LogP contribution in [0, 0.1) is 5.92 Å². The van der Waals surface area contributed by atoms with E-state index in [1.165, 1.54) is 6.42 Å². The van der Waals surface area contributed by atoms with Gasteiger partial charge in [-0.1, -0.05) is 6.92 Å². The van der Waals surface area contributed by atoms with Gasteiger partial charge >= 0.3 is 0 Å². The van der Waals surface area contributed by atoms with Crippen molar-refractivity contribution < 1.29 is 0 Å². The topological polar surface area (TPSA) is 16.1 Å². The number of hydrogen-bond donors (Lipinski definition) is 1. The van der Waals surface area contributed by atoms with Gasteiger partial charge in [-0.3, -0.25) is 0 Å². The molecule has 0 radical (unpaired) electrons. The van der Waals surface area contributed by atoms with Crippen LogP contribution in [-0.4, -0.2) is 18.1 Å². The standard InChI is InChI=1S/C10H14N2S/c1-8-4-5-12(7-8)10-3-2-9(13)6-11-10/h2-3,6,8,13H,4-5,7H2,1H3. The molecule has 1 unspecified atom stereocenters. The molecular formula is C10H14N2S. The van der Waals surface area contributed by atoms with E-state index in [0.29, 0.717) is 0 Å². The van der Waals surface area contributed by atoms with Crippen LogP contribution in [0.1, 0.15) is 13.3 Å². The van der Waals surface area contributed by atoms with E-state index in [1.807, 2.05) is 12.1 Å². The number of pyridine rings is 1. The zero-order valence-corrected chi connectivity index (χ0v) is 8.67. The maximum atomic E-state index is 4.34. The summed E-state index contributed by atoms with van der Waals surface area (Å²) in [6.45, 7) is 4.56. The van der Waals surface area contributed by atoms with Gasteiger partial charge < -0.3 is 4.90 Å². The summed E-state index contributed by atoms with van der Waals surface area (Å²) in [4.78, 5) is 7.60. The van der Waals surface area contributed by atoms with E-state index in [1.54, 1.807) is 6.20 Å². The maximum absolute atomic E-state index is 4.34. The van der Waals surface area contributed by atoms with Crippen molar-refractivity contribution in [3.8, 4) is 0 Å². The number of hydrogen-bond acceptors (Lipinski definition) is 3. The smallest absolute Gasteiger partial charge is 0.128 e. The average molecular weight is 194 g/mol. The van der Waals surface area contributed by atoms with Crippen molar-refractivity contribution in [2.75, 3.05) is 18.0 Å². The molecule has 3 heteroatoms. The lowest BCUT2D eigenvalue weighted by Gasteiger charge is -2.16. The van der Waals surface area contributed by atoms with Gasteiger partial charge in [0.1, 0.15) is 5.82 Å². The van der Waals surface area contributed by atoms with E-state index < -0.39 is 0 Å². The number of anilines is 1. The molecule has 0 bridgehead atoms. The number of rotatable bonds is 1. The molecular weight excluding hydrogens is 180 g/mol. The summed E-state index contributed by atoms with van der Waals surface area (Å²) in [5.41, 5.74) is 0. The van der Waals surface area contributed by atoms with Gasteiger partial charge in [0, 0.05) is 24.2 Å². The number of aromatic nitrogens is 1. The first-order valence-corrected chi connectivity index (χ1v) is 5.10. The highest BCUT2D eigenvalue weighted by atomic mass is 32.1. The quantitative estimate of drug-likeness (QED) is 0.690. The summed E-state index contributed by atoms with van der Waals surface area (Å²) in [7, 11) is 0. The predicted molar refractivity (Wildman–Crippen MR) is 57.5 cm³/mol. The number of nitrogens with zero attached hydrogens (tertiary/aromatic N) is 2. The van der Waals surface area contributed by atoms with Crippen LogP contribution in [0.4, 0.5) is 5.82 Å². The second-order valence-corrected chi connectivity index (χ2v) is 4.23. The van der Waals surface area contributed by atoms with Gasteiger partial charge in [0.2, 0.25) is 0 Å².